The number of rotatable bonds is 34. The lowest BCUT2D eigenvalue weighted by atomic mass is 9.80. The standard InChI is InChI=1S/C106H84N4O20/c1-119-71-31-11-23-63(45-71)67-27-15-35-75(49-67)127-87-53-81-93-82(102(114)109(101(81)113)85(43-61-19-7-5-8-20-61)105(117)123-41-39-91(111)107-57-79-59-125-79)55-89(129-77-37-17-29-69(51-77)65-25-13-33-73(47-65)121-3)97-98-90(130-78-38-18-30-70(52-78)66-26-14-34-74(48-66)122-4)56-84-94-83(54-88(96(100(94)98)95(87)99(93)97)128-76-36-16-28-68(50-76)64-24-12-32-72(46-64)120-2)103(115)110(104(84)116)86(44-62-21-9-6-10-22-62)106(118)124-42-40-92(112)108-58-80-60-126-80/h5-38,45-56,79-80,85-86H,39-44,57-60H2,1-4H3,(H,107,111)(H,108,112). The molecule has 4 atom stereocenters. The van der Waals surface area contributed by atoms with Crippen LogP contribution in [0.15, 0.2) is 279 Å². The second kappa shape index (κ2) is 36.2. The summed E-state index contributed by atoms with van der Waals surface area (Å²) < 4.78 is 76.0. The fraction of sp³-hybridized carbons (Fsp3) is 0.170. The first-order valence-corrected chi connectivity index (χ1v) is 42.5. The lowest BCUT2D eigenvalue weighted by molar-refractivity contribution is -0.150. The van der Waals surface area contributed by atoms with Gasteiger partial charge in [0.1, 0.15) is 94.3 Å². The molecule has 4 unspecified atom stereocenters. The molecule has 15 aromatic rings. The molecule has 0 saturated carbocycles. The van der Waals surface area contributed by atoms with Crippen LogP contribution in [0.2, 0.25) is 0 Å². The average molecular weight is 1730 g/mol. The van der Waals surface area contributed by atoms with Crippen molar-refractivity contribution in [1.82, 2.24) is 20.4 Å². The Bertz CT molecular complexity index is 6280. The van der Waals surface area contributed by atoms with Crippen LogP contribution in [-0.4, -0.2) is 149 Å². The largest absolute Gasteiger partial charge is 0.497 e. The SMILES string of the molecule is COc1cccc(-c2cccc(Oc3cc4c5c(cc(Oc6cccc(-c7cccc(OC)c7)c6)c6c7c(Oc8cccc(-c9cccc(OC)c9)c8)cc8c9c(cc(Oc%10cccc(-c%11cccc(OC)c%11)c%10)c(c3c56)c97)C(=O)N(C(Cc3ccccc3)C(=O)OCCC(=O)NCC3CO3)C8=O)C(=O)N(C(Cc3ccccc3)C(=O)OCCC(=O)NCC3CO3)C4=O)c2)c1. The fourth-order valence-electron chi connectivity index (χ4n) is 17.0. The Morgan fingerprint density at radius 2 is 0.562 bits per heavy atom. The highest BCUT2D eigenvalue weighted by Crippen LogP contribution is 2.59. The molecule has 15 aromatic carbocycles. The Morgan fingerprint density at radius 1 is 0.315 bits per heavy atom. The van der Waals surface area contributed by atoms with Crippen LogP contribution in [0.5, 0.6) is 69.0 Å². The Hall–Kier alpha value is -15.9. The lowest BCUT2D eigenvalue weighted by Crippen LogP contribution is -2.52. The van der Waals surface area contributed by atoms with E-state index in [9.17, 15) is 9.59 Å². The number of esters is 2. The van der Waals surface area contributed by atoms with E-state index in [0.29, 0.717) is 69.6 Å². The van der Waals surface area contributed by atoms with E-state index < -0.39 is 72.7 Å². The number of hydrogen-bond acceptors (Lipinski definition) is 20. The van der Waals surface area contributed by atoms with Crippen molar-refractivity contribution in [3.63, 3.8) is 0 Å². The maximum atomic E-state index is 17.1. The van der Waals surface area contributed by atoms with Gasteiger partial charge in [-0.25, -0.2) is 9.59 Å². The summed E-state index contributed by atoms with van der Waals surface area (Å²) in [5.41, 5.74) is 6.18. The number of benzene rings is 15. The molecule has 0 radical (unpaired) electrons. The van der Waals surface area contributed by atoms with Crippen molar-refractivity contribution < 1.29 is 95.2 Å². The molecule has 2 fully saturated rings. The number of methoxy groups -OCH3 is 4. The number of imide groups is 2. The van der Waals surface area contributed by atoms with Crippen molar-refractivity contribution in [3.8, 4) is 114 Å². The molecular formula is C106H84N4O20. The molecule has 6 amide bonds. The van der Waals surface area contributed by atoms with Crippen LogP contribution >= 0.6 is 0 Å². The molecule has 648 valence electrons. The number of amides is 6. The number of fused-ring (bicyclic) bond motifs is 2. The van der Waals surface area contributed by atoms with Gasteiger partial charge in [-0.2, -0.15) is 0 Å². The zero-order chi connectivity index (χ0) is 89.2. The monoisotopic (exact) mass is 1730 g/mol. The van der Waals surface area contributed by atoms with Gasteiger partial charge in [0.25, 0.3) is 23.6 Å². The van der Waals surface area contributed by atoms with E-state index in [1.54, 1.807) is 138 Å². The Kier molecular flexibility index (Phi) is 23.3. The van der Waals surface area contributed by atoms with Gasteiger partial charge in [-0.15, -0.1) is 0 Å². The van der Waals surface area contributed by atoms with Gasteiger partial charge < -0.3 is 67.5 Å². The number of epoxide rings is 2. The predicted octanol–water partition coefficient (Wildman–Crippen LogP) is 18.9. The van der Waals surface area contributed by atoms with Crippen LogP contribution in [-0.2, 0) is 51.0 Å². The van der Waals surface area contributed by atoms with E-state index in [0.717, 1.165) is 32.1 Å². The summed E-state index contributed by atoms with van der Waals surface area (Å²) in [7, 11) is 6.29. The fourth-order valence-corrected chi connectivity index (χ4v) is 17.0. The van der Waals surface area contributed by atoms with Gasteiger partial charge in [-0.3, -0.25) is 38.6 Å². The van der Waals surface area contributed by atoms with Gasteiger partial charge in [0.2, 0.25) is 11.8 Å². The Balaban J connectivity index is 0.924. The highest BCUT2D eigenvalue weighted by molar-refractivity contribution is 6.45. The van der Waals surface area contributed by atoms with Gasteiger partial charge in [0.05, 0.1) is 89.0 Å². The van der Waals surface area contributed by atoms with Gasteiger partial charge in [0, 0.05) is 69.0 Å². The molecule has 0 aliphatic carbocycles. The molecule has 4 heterocycles. The third-order valence-electron chi connectivity index (χ3n) is 23.5. The maximum absolute atomic E-state index is 17.1. The van der Waals surface area contributed by atoms with Crippen molar-refractivity contribution >= 4 is 90.5 Å². The van der Waals surface area contributed by atoms with Gasteiger partial charge in [-0.1, -0.05) is 158 Å². The molecule has 24 nitrogen and oxygen atoms in total. The second-order valence-corrected chi connectivity index (χ2v) is 31.9. The summed E-state index contributed by atoms with van der Waals surface area (Å²) >= 11 is 0. The van der Waals surface area contributed by atoms with E-state index in [2.05, 4.69) is 10.6 Å². The molecule has 24 heteroatoms. The van der Waals surface area contributed by atoms with E-state index in [4.69, 9.17) is 56.8 Å². The summed E-state index contributed by atoms with van der Waals surface area (Å²) in [4.78, 5) is 128. The van der Waals surface area contributed by atoms with E-state index in [1.807, 2.05) is 146 Å². The number of ether oxygens (including phenoxy) is 12. The Morgan fingerprint density at radius 3 is 0.808 bits per heavy atom. The highest BCUT2D eigenvalue weighted by Gasteiger charge is 2.48. The van der Waals surface area contributed by atoms with Crippen molar-refractivity contribution in [2.45, 2.75) is 50.0 Å². The third kappa shape index (κ3) is 17.1. The van der Waals surface area contributed by atoms with Crippen molar-refractivity contribution in [1.29, 1.82) is 0 Å². The van der Waals surface area contributed by atoms with Crippen LogP contribution in [0, 0.1) is 0 Å². The van der Waals surface area contributed by atoms with Gasteiger partial charge >= 0.3 is 11.9 Å². The van der Waals surface area contributed by atoms with E-state index in [1.165, 1.54) is 24.3 Å². The van der Waals surface area contributed by atoms with E-state index >= 15 is 28.8 Å². The van der Waals surface area contributed by atoms with Gasteiger partial charge in [0.15, 0.2) is 0 Å². The van der Waals surface area contributed by atoms with E-state index in [-0.39, 0.29) is 162 Å². The normalized spacial score (nSPS) is 14.7. The van der Waals surface area contributed by atoms with Crippen molar-refractivity contribution in [3.05, 3.63) is 312 Å². The molecule has 130 heavy (non-hydrogen) atoms. The van der Waals surface area contributed by atoms with Crippen molar-refractivity contribution in [2.24, 2.45) is 0 Å². The summed E-state index contributed by atoms with van der Waals surface area (Å²) in [5.74, 6) is -3.74. The minimum atomic E-state index is -1.70. The molecule has 2 saturated heterocycles. The molecule has 0 spiro atoms. The quantitative estimate of drug-likeness (QED) is 0.0125. The molecular weight excluding hydrogens is 1650 g/mol. The van der Waals surface area contributed by atoms with Gasteiger partial charge in [-0.05, 0) is 177 Å². The first kappa shape index (κ1) is 83.6. The summed E-state index contributed by atoms with van der Waals surface area (Å²) in [6, 6.07) is 79.1. The third-order valence-corrected chi connectivity index (χ3v) is 23.5. The van der Waals surface area contributed by atoms with Crippen LogP contribution in [0.25, 0.3) is 87.6 Å². The topological polar surface area (TPSA) is 284 Å². The number of nitrogens with zero attached hydrogens (tertiary/aromatic N) is 2. The Labute approximate surface area is 745 Å². The minimum Gasteiger partial charge on any atom is -0.497 e. The predicted molar refractivity (Wildman–Crippen MR) is 487 cm³/mol. The zero-order valence-corrected chi connectivity index (χ0v) is 71.0. The average Bonchev–Trinajstić information content (AvgIpc) is 0.837. The molecule has 0 bridgehead atoms. The van der Waals surface area contributed by atoms with Crippen LogP contribution in [0.4, 0.5) is 0 Å². The number of hydrogen-bond donors (Lipinski definition) is 2. The second-order valence-electron chi connectivity index (χ2n) is 31.9. The summed E-state index contributed by atoms with van der Waals surface area (Å²) in [5, 5.41) is 6.52. The lowest BCUT2D eigenvalue weighted by Gasteiger charge is -2.35. The summed E-state index contributed by atoms with van der Waals surface area (Å²) in [6.07, 6.45) is -1.29. The molecule has 0 aromatic heterocycles. The maximum Gasteiger partial charge on any atom is 0.329 e. The molecule has 19 rings (SSSR count). The number of carbonyl (C=O) groups is 8. The molecule has 4 aliphatic rings. The minimum absolute atomic E-state index is 0.0420. The number of nitrogens with one attached hydrogen (secondary N) is 2. The summed E-state index contributed by atoms with van der Waals surface area (Å²) in [6.45, 7) is 0.650. The highest BCUT2D eigenvalue weighted by atomic mass is 16.6. The number of carbonyl (C=O) groups excluding carboxylic acids is 8. The van der Waals surface area contributed by atoms with Crippen molar-refractivity contribution in [2.75, 3.05) is 68.0 Å². The van der Waals surface area contributed by atoms with Crippen LogP contribution < -0.4 is 48.5 Å². The molecule has 4 aliphatic heterocycles. The van der Waals surface area contributed by atoms with Crippen LogP contribution in [0.1, 0.15) is 65.4 Å². The first-order chi connectivity index (χ1) is 63.5. The van der Waals surface area contributed by atoms with Crippen LogP contribution in [0.3, 0.4) is 0 Å². The first-order valence-electron chi connectivity index (χ1n) is 42.5. The smallest absolute Gasteiger partial charge is 0.329 e. The zero-order valence-electron chi connectivity index (χ0n) is 71.0. The molecule has 2 N–H and O–H groups in total.